The van der Waals surface area contributed by atoms with Crippen LogP contribution in [-0.2, 0) is 17.8 Å². The molecule has 2 aromatic rings. The Balaban J connectivity index is 2.01. The van der Waals surface area contributed by atoms with Crippen molar-refractivity contribution in [2.75, 3.05) is 19.7 Å². The first-order chi connectivity index (χ1) is 12.4. The van der Waals surface area contributed by atoms with Crippen LogP contribution in [0.1, 0.15) is 49.8 Å². The van der Waals surface area contributed by atoms with Gasteiger partial charge in [0.25, 0.3) is 0 Å². The Hall–Kier alpha value is -2.34. The van der Waals surface area contributed by atoms with Gasteiger partial charge in [-0.2, -0.15) is 0 Å². The third kappa shape index (κ3) is 6.52. The summed E-state index contributed by atoms with van der Waals surface area (Å²) >= 11 is 0. The molecule has 0 saturated heterocycles. The molecule has 0 saturated carbocycles. The fourth-order valence-electron chi connectivity index (χ4n) is 2.32. The molecule has 1 aromatic heterocycles. The molecule has 0 aliphatic rings. The van der Waals surface area contributed by atoms with Crippen molar-refractivity contribution in [3.05, 3.63) is 47.7 Å². The quantitative estimate of drug-likeness (QED) is 0.544. The van der Waals surface area contributed by atoms with Crippen LogP contribution < -0.4 is 10.1 Å². The number of benzene rings is 1. The number of rotatable bonds is 9. The van der Waals surface area contributed by atoms with Crippen LogP contribution in [0.15, 0.2) is 34.7 Å². The number of para-hydroxylation sites is 1. The molecule has 0 fully saturated rings. The number of esters is 1. The summed E-state index contributed by atoms with van der Waals surface area (Å²) in [5.74, 6) is 0.757. The van der Waals surface area contributed by atoms with Crippen LogP contribution in [0.25, 0.3) is 0 Å². The topological polar surface area (TPSA) is 73.6 Å². The maximum atomic E-state index is 12.1. The van der Waals surface area contributed by atoms with E-state index in [0.717, 1.165) is 12.3 Å². The summed E-state index contributed by atoms with van der Waals surface area (Å²) in [6, 6.07) is 9.40. The molecule has 0 amide bonds. The van der Waals surface area contributed by atoms with Crippen molar-refractivity contribution < 1.29 is 18.7 Å². The lowest BCUT2D eigenvalue weighted by molar-refractivity contribution is 0.0484. The van der Waals surface area contributed by atoms with E-state index in [1.54, 1.807) is 6.92 Å². The number of hydrogen-bond donors (Lipinski definition) is 1. The molecule has 0 bridgehead atoms. The van der Waals surface area contributed by atoms with Gasteiger partial charge in [0, 0.05) is 19.5 Å². The summed E-state index contributed by atoms with van der Waals surface area (Å²) in [5, 5.41) is 3.37. The third-order valence-electron chi connectivity index (χ3n) is 3.50. The molecule has 0 spiro atoms. The summed E-state index contributed by atoms with van der Waals surface area (Å²) in [6.45, 7) is 10.3. The Kier molecular flexibility index (Phi) is 7.21. The smallest absolute Gasteiger partial charge is 0.376 e. The Morgan fingerprint density at radius 1 is 1.23 bits per heavy atom. The second-order valence-corrected chi connectivity index (χ2v) is 7.19. The number of nitrogens with one attached hydrogen (secondary N) is 1. The van der Waals surface area contributed by atoms with Gasteiger partial charge in [-0.1, -0.05) is 39.0 Å². The van der Waals surface area contributed by atoms with Gasteiger partial charge in [-0.3, -0.25) is 0 Å². The number of carbonyl (C=O) groups is 1. The van der Waals surface area contributed by atoms with Gasteiger partial charge in [0.1, 0.15) is 5.75 Å². The molecular formula is C20H28N2O4. The average Bonchev–Trinajstić information content (AvgIpc) is 3.00. The van der Waals surface area contributed by atoms with Crippen molar-refractivity contribution in [1.82, 2.24) is 10.3 Å². The normalized spacial score (nSPS) is 11.4. The van der Waals surface area contributed by atoms with Gasteiger partial charge in [-0.05, 0) is 24.5 Å². The first kappa shape index (κ1) is 20.0. The first-order valence-electron chi connectivity index (χ1n) is 8.93. The lowest BCUT2D eigenvalue weighted by atomic mass is 9.97. The van der Waals surface area contributed by atoms with Crippen LogP contribution in [0.5, 0.6) is 5.75 Å². The molecule has 26 heavy (non-hydrogen) atoms. The highest BCUT2D eigenvalue weighted by Crippen LogP contribution is 2.17. The van der Waals surface area contributed by atoms with Gasteiger partial charge in [0.15, 0.2) is 6.61 Å². The van der Waals surface area contributed by atoms with Gasteiger partial charge >= 0.3 is 5.97 Å². The maximum Gasteiger partial charge on any atom is 0.376 e. The number of oxazole rings is 1. The molecule has 6 nitrogen and oxygen atoms in total. The van der Waals surface area contributed by atoms with Crippen molar-refractivity contribution in [3.8, 4) is 5.75 Å². The van der Waals surface area contributed by atoms with E-state index in [2.05, 4.69) is 31.1 Å². The van der Waals surface area contributed by atoms with Crippen LogP contribution in [0.4, 0.5) is 0 Å². The molecule has 1 N–H and O–H groups in total. The summed E-state index contributed by atoms with van der Waals surface area (Å²) in [4.78, 5) is 16.6. The summed E-state index contributed by atoms with van der Waals surface area (Å²) in [6.07, 6.45) is 0.582. The molecule has 0 radical (unpaired) electrons. The second kappa shape index (κ2) is 9.38. The van der Waals surface area contributed by atoms with E-state index in [9.17, 15) is 4.79 Å². The summed E-state index contributed by atoms with van der Waals surface area (Å²) in [5.41, 5.74) is 0.791. The summed E-state index contributed by atoms with van der Waals surface area (Å²) in [7, 11) is 0. The van der Waals surface area contributed by atoms with E-state index in [1.165, 1.54) is 0 Å². The van der Waals surface area contributed by atoms with E-state index >= 15 is 0 Å². The molecule has 1 aromatic carbocycles. The van der Waals surface area contributed by atoms with Crippen LogP contribution in [0.3, 0.4) is 0 Å². The molecule has 0 aliphatic carbocycles. The SMILES string of the molecule is CCOC(=O)c1oc(COc2ccccc2)nc1CCNCC(C)(C)C. The molecule has 0 unspecified atom stereocenters. The number of aromatic nitrogens is 1. The number of hydrogen-bond acceptors (Lipinski definition) is 6. The Morgan fingerprint density at radius 2 is 1.96 bits per heavy atom. The highest BCUT2D eigenvalue weighted by molar-refractivity contribution is 5.87. The minimum Gasteiger partial charge on any atom is -0.484 e. The highest BCUT2D eigenvalue weighted by Gasteiger charge is 2.21. The van der Waals surface area contributed by atoms with Crippen molar-refractivity contribution in [3.63, 3.8) is 0 Å². The molecule has 142 valence electrons. The minimum absolute atomic E-state index is 0.159. The lowest BCUT2D eigenvalue weighted by Crippen LogP contribution is -2.28. The third-order valence-corrected chi connectivity index (χ3v) is 3.50. The first-order valence-corrected chi connectivity index (χ1v) is 8.93. The second-order valence-electron chi connectivity index (χ2n) is 7.19. The fourth-order valence-corrected chi connectivity index (χ4v) is 2.32. The predicted octanol–water partition coefficient (Wildman–Crippen LogP) is 3.61. The minimum atomic E-state index is -0.489. The monoisotopic (exact) mass is 360 g/mol. The summed E-state index contributed by atoms with van der Waals surface area (Å²) < 4.78 is 16.3. The van der Waals surface area contributed by atoms with Crippen LogP contribution >= 0.6 is 0 Å². The van der Waals surface area contributed by atoms with Crippen molar-refractivity contribution in [2.24, 2.45) is 5.41 Å². The molecule has 2 rings (SSSR count). The van der Waals surface area contributed by atoms with Crippen molar-refractivity contribution in [1.29, 1.82) is 0 Å². The van der Waals surface area contributed by atoms with Crippen LogP contribution in [0.2, 0.25) is 0 Å². The van der Waals surface area contributed by atoms with E-state index in [-0.39, 0.29) is 24.4 Å². The Bertz CT molecular complexity index is 690. The maximum absolute atomic E-state index is 12.1. The highest BCUT2D eigenvalue weighted by atomic mass is 16.5. The molecular weight excluding hydrogens is 332 g/mol. The van der Waals surface area contributed by atoms with Crippen LogP contribution in [0, 0.1) is 5.41 Å². The zero-order valence-electron chi connectivity index (χ0n) is 16.0. The Morgan fingerprint density at radius 3 is 2.62 bits per heavy atom. The predicted molar refractivity (Wildman–Crippen MR) is 99.3 cm³/mol. The van der Waals surface area contributed by atoms with E-state index in [4.69, 9.17) is 13.9 Å². The van der Waals surface area contributed by atoms with Gasteiger partial charge < -0.3 is 19.2 Å². The van der Waals surface area contributed by atoms with Gasteiger partial charge in [0.2, 0.25) is 11.7 Å². The van der Waals surface area contributed by atoms with Crippen molar-refractivity contribution >= 4 is 5.97 Å². The van der Waals surface area contributed by atoms with Crippen molar-refractivity contribution in [2.45, 2.75) is 40.7 Å². The molecule has 0 atom stereocenters. The lowest BCUT2D eigenvalue weighted by Gasteiger charge is -2.18. The molecule has 6 heteroatoms. The molecule has 0 aliphatic heterocycles. The number of ether oxygens (including phenoxy) is 2. The van der Waals surface area contributed by atoms with E-state index < -0.39 is 5.97 Å². The fraction of sp³-hybridized carbons (Fsp3) is 0.500. The average molecular weight is 360 g/mol. The number of carbonyl (C=O) groups excluding carboxylic acids is 1. The Labute approximate surface area is 154 Å². The van der Waals surface area contributed by atoms with Gasteiger partial charge in [-0.25, -0.2) is 9.78 Å². The standard InChI is InChI=1S/C20H28N2O4/c1-5-24-19(23)18-16(11-12-21-14-20(2,3)4)22-17(26-18)13-25-15-9-7-6-8-10-15/h6-10,21H,5,11-14H2,1-4H3. The largest absolute Gasteiger partial charge is 0.484 e. The van der Waals surface area contributed by atoms with Crippen LogP contribution in [-0.4, -0.2) is 30.6 Å². The number of nitrogens with zero attached hydrogens (tertiary/aromatic N) is 1. The van der Waals surface area contributed by atoms with Gasteiger partial charge in [0.05, 0.1) is 12.3 Å². The van der Waals surface area contributed by atoms with E-state index in [1.807, 2.05) is 30.3 Å². The van der Waals surface area contributed by atoms with Gasteiger partial charge in [-0.15, -0.1) is 0 Å². The zero-order valence-corrected chi connectivity index (χ0v) is 16.0. The van der Waals surface area contributed by atoms with E-state index in [0.29, 0.717) is 24.6 Å². The molecule has 1 heterocycles. The zero-order chi connectivity index (χ0) is 19.0.